The molecule has 1 amide bonds. The average Bonchev–Trinajstić information content (AvgIpc) is 2.20. The summed E-state index contributed by atoms with van der Waals surface area (Å²) in [6.07, 6.45) is -0.682. The van der Waals surface area contributed by atoms with E-state index in [0.29, 0.717) is 5.69 Å². The molecule has 88 valence electrons. The summed E-state index contributed by atoms with van der Waals surface area (Å²) in [4.78, 5) is 11.2. The van der Waals surface area contributed by atoms with Gasteiger partial charge in [-0.1, -0.05) is 13.8 Å². The second-order valence-corrected chi connectivity index (χ2v) is 3.86. The zero-order chi connectivity index (χ0) is 12.1. The summed E-state index contributed by atoms with van der Waals surface area (Å²) in [6.45, 7) is 4.11. The van der Waals surface area contributed by atoms with Crippen LogP contribution in [0.5, 0.6) is 0 Å². The molecule has 0 bridgehead atoms. The van der Waals surface area contributed by atoms with E-state index >= 15 is 0 Å². The third-order valence-electron chi connectivity index (χ3n) is 1.77. The number of benzene rings is 1. The van der Waals surface area contributed by atoms with Crippen LogP contribution in [0.2, 0.25) is 0 Å². The molecule has 0 aliphatic heterocycles. The zero-order valence-corrected chi connectivity index (χ0v) is 9.29. The molecule has 0 aliphatic rings. The van der Waals surface area contributed by atoms with Crippen molar-refractivity contribution in [1.29, 1.82) is 0 Å². The minimum absolute atomic E-state index is 0.0220. The van der Waals surface area contributed by atoms with Crippen LogP contribution < -0.4 is 11.1 Å². The summed E-state index contributed by atoms with van der Waals surface area (Å²) in [5.41, 5.74) is 5.86. The van der Waals surface area contributed by atoms with Crippen molar-refractivity contribution in [2.24, 2.45) is 5.92 Å². The van der Waals surface area contributed by atoms with Crippen molar-refractivity contribution >= 4 is 17.5 Å². The lowest BCUT2D eigenvalue weighted by molar-refractivity contribution is 0.147. The number of nitrogens with two attached hydrogens (primary N) is 1. The van der Waals surface area contributed by atoms with Gasteiger partial charge in [0.25, 0.3) is 0 Å². The van der Waals surface area contributed by atoms with Crippen LogP contribution in [0.4, 0.5) is 20.6 Å². The number of nitrogens with one attached hydrogen (secondary N) is 1. The molecule has 0 radical (unpaired) electrons. The summed E-state index contributed by atoms with van der Waals surface area (Å²) in [5.74, 6) is -0.313. The molecule has 16 heavy (non-hydrogen) atoms. The zero-order valence-electron chi connectivity index (χ0n) is 9.29. The van der Waals surface area contributed by atoms with Gasteiger partial charge in [-0.05, 0) is 24.1 Å². The van der Waals surface area contributed by atoms with E-state index in [1.807, 2.05) is 13.8 Å². The molecule has 5 heteroatoms. The van der Waals surface area contributed by atoms with Gasteiger partial charge >= 0.3 is 6.09 Å². The number of rotatable bonds is 3. The van der Waals surface area contributed by atoms with E-state index in [9.17, 15) is 9.18 Å². The Balaban J connectivity index is 2.59. The smallest absolute Gasteiger partial charge is 0.411 e. The number of hydrogen-bond acceptors (Lipinski definition) is 3. The second-order valence-electron chi connectivity index (χ2n) is 3.86. The molecular formula is C11H15FN2O2. The topological polar surface area (TPSA) is 64.3 Å². The van der Waals surface area contributed by atoms with Crippen LogP contribution in [0.15, 0.2) is 18.2 Å². The minimum Gasteiger partial charge on any atom is -0.449 e. The highest BCUT2D eigenvalue weighted by atomic mass is 19.1. The third kappa shape index (κ3) is 3.76. The van der Waals surface area contributed by atoms with E-state index in [1.54, 1.807) is 0 Å². The van der Waals surface area contributed by atoms with Gasteiger partial charge in [0.1, 0.15) is 5.82 Å². The highest BCUT2D eigenvalue weighted by Gasteiger charge is 2.08. The first kappa shape index (κ1) is 12.3. The average molecular weight is 226 g/mol. The van der Waals surface area contributed by atoms with Gasteiger partial charge in [0, 0.05) is 5.69 Å². The Morgan fingerprint density at radius 2 is 2.25 bits per heavy atom. The molecule has 0 unspecified atom stereocenters. The minimum atomic E-state index is -0.682. The van der Waals surface area contributed by atoms with Crippen LogP contribution in [0.25, 0.3) is 0 Å². The Labute approximate surface area is 93.6 Å². The molecule has 4 nitrogen and oxygen atoms in total. The molecule has 0 atom stereocenters. The van der Waals surface area contributed by atoms with E-state index in [0.717, 1.165) is 0 Å². The number of halogens is 1. The highest BCUT2D eigenvalue weighted by Crippen LogP contribution is 2.17. The second kappa shape index (κ2) is 5.34. The maximum atomic E-state index is 13.2. The molecule has 0 saturated heterocycles. The predicted molar refractivity (Wildman–Crippen MR) is 60.6 cm³/mol. The predicted octanol–water partition coefficient (Wildman–Crippen LogP) is 2.61. The fraction of sp³-hybridized carbons (Fsp3) is 0.364. The number of nitrogen functional groups attached to an aromatic ring is 1. The first-order chi connectivity index (χ1) is 7.49. The summed E-state index contributed by atoms with van der Waals surface area (Å²) in [6, 6.07) is 3.94. The number of hydrogen-bond donors (Lipinski definition) is 2. The summed E-state index contributed by atoms with van der Waals surface area (Å²) in [5, 5.41) is 2.29. The Morgan fingerprint density at radius 3 is 2.88 bits per heavy atom. The SMILES string of the molecule is CC(C)COC(=O)Nc1cc(N)ccc1F. The van der Waals surface area contributed by atoms with Gasteiger partial charge in [0.2, 0.25) is 0 Å². The molecule has 0 spiro atoms. The van der Waals surface area contributed by atoms with Crippen LogP contribution in [-0.4, -0.2) is 12.7 Å². The lowest BCUT2D eigenvalue weighted by Gasteiger charge is -2.09. The number of anilines is 2. The van der Waals surface area contributed by atoms with E-state index in [-0.39, 0.29) is 18.2 Å². The molecule has 0 fully saturated rings. The fourth-order valence-corrected chi connectivity index (χ4v) is 1.03. The summed E-state index contributed by atoms with van der Waals surface area (Å²) < 4.78 is 18.0. The van der Waals surface area contributed by atoms with Crippen molar-refractivity contribution in [3.63, 3.8) is 0 Å². The van der Waals surface area contributed by atoms with Gasteiger partial charge in [0.05, 0.1) is 12.3 Å². The molecule has 1 aromatic carbocycles. The molecule has 0 aromatic heterocycles. The van der Waals surface area contributed by atoms with Crippen LogP contribution in [-0.2, 0) is 4.74 Å². The van der Waals surface area contributed by atoms with Gasteiger partial charge in [-0.25, -0.2) is 9.18 Å². The highest BCUT2D eigenvalue weighted by molar-refractivity contribution is 5.85. The first-order valence-electron chi connectivity index (χ1n) is 4.98. The Kier molecular flexibility index (Phi) is 4.10. The Hall–Kier alpha value is -1.78. The van der Waals surface area contributed by atoms with E-state index < -0.39 is 11.9 Å². The number of carbonyl (C=O) groups excluding carboxylic acids is 1. The van der Waals surface area contributed by atoms with E-state index in [4.69, 9.17) is 10.5 Å². The number of amides is 1. The molecular weight excluding hydrogens is 211 g/mol. The van der Waals surface area contributed by atoms with Crippen LogP contribution in [0.3, 0.4) is 0 Å². The van der Waals surface area contributed by atoms with Gasteiger partial charge in [-0.3, -0.25) is 5.32 Å². The molecule has 1 aromatic rings. The molecule has 0 saturated carbocycles. The van der Waals surface area contributed by atoms with Gasteiger partial charge in [-0.2, -0.15) is 0 Å². The van der Waals surface area contributed by atoms with Crippen molar-refractivity contribution < 1.29 is 13.9 Å². The van der Waals surface area contributed by atoms with Crippen molar-refractivity contribution in [1.82, 2.24) is 0 Å². The van der Waals surface area contributed by atoms with Crippen molar-refractivity contribution in [2.75, 3.05) is 17.7 Å². The van der Waals surface area contributed by atoms with Crippen molar-refractivity contribution in [3.8, 4) is 0 Å². The lowest BCUT2D eigenvalue weighted by atomic mass is 10.2. The summed E-state index contributed by atoms with van der Waals surface area (Å²) >= 11 is 0. The normalized spacial score (nSPS) is 10.2. The molecule has 0 heterocycles. The lowest BCUT2D eigenvalue weighted by Crippen LogP contribution is -2.17. The van der Waals surface area contributed by atoms with Gasteiger partial charge < -0.3 is 10.5 Å². The molecule has 1 rings (SSSR count). The first-order valence-corrected chi connectivity index (χ1v) is 4.98. The van der Waals surface area contributed by atoms with Crippen LogP contribution >= 0.6 is 0 Å². The van der Waals surface area contributed by atoms with Gasteiger partial charge in [-0.15, -0.1) is 0 Å². The maximum Gasteiger partial charge on any atom is 0.411 e. The Morgan fingerprint density at radius 1 is 1.56 bits per heavy atom. The van der Waals surface area contributed by atoms with Crippen molar-refractivity contribution in [2.45, 2.75) is 13.8 Å². The monoisotopic (exact) mass is 226 g/mol. The Bertz CT molecular complexity index is 380. The van der Waals surface area contributed by atoms with Gasteiger partial charge in [0.15, 0.2) is 0 Å². The summed E-state index contributed by atoms with van der Waals surface area (Å²) in [7, 11) is 0. The molecule has 3 N–H and O–H groups in total. The van der Waals surface area contributed by atoms with E-state index in [2.05, 4.69) is 5.32 Å². The largest absolute Gasteiger partial charge is 0.449 e. The standard InChI is InChI=1S/C11H15FN2O2/c1-7(2)6-16-11(15)14-10-5-8(13)3-4-9(10)12/h3-5,7H,6,13H2,1-2H3,(H,14,15). The number of carbonyl (C=O) groups is 1. The van der Waals surface area contributed by atoms with E-state index in [1.165, 1.54) is 18.2 Å². The van der Waals surface area contributed by atoms with Crippen LogP contribution in [0, 0.1) is 11.7 Å². The maximum absolute atomic E-state index is 13.2. The van der Waals surface area contributed by atoms with Crippen molar-refractivity contribution in [3.05, 3.63) is 24.0 Å². The number of ether oxygens (including phenoxy) is 1. The third-order valence-corrected chi connectivity index (χ3v) is 1.77. The fourth-order valence-electron chi connectivity index (χ4n) is 1.03. The van der Waals surface area contributed by atoms with Crippen LogP contribution in [0.1, 0.15) is 13.8 Å². The quantitative estimate of drug-likeness (QED) is 0.778. The molecule has 0 aliphatic carbocycles.